The summed E-state index contributed by atoms with van der Waals surface area (Å²) in [6.45, 7) is 0. The van der Waals surface area contributed by atoms with Gasteiger partial charge in [-0.25, -0.2) is 17.6 Å². The molecule has 1 saturated carbocycles. The molecule has 156 valence electrons. The molecule has 0 spiro atoms. The summed E-state index contributed by atoms with van der Waals surface area (Å²) in [4.78, 5) is 11.7. The Morgan fingerprint density at radius 3 is 2.07 bits per heavy atom. The average molecular weight is 426 g/mol. The average Bonchev–Trinajstić information content (AvgIpc) is 2.69. The first-order valence-electron chi connectivity index (χ1n) is 9.21. The lowest BCUT2D eigenvalue weighted by atomic mass is 9.82. The Morgan fingerprint density at radius 2 is 1.52 bits per heavy atom. The van der Waals surface area contributed by atoms with Crippen LogP contribution in [0.1, 0.15) is 37.2 Å². The maximum Gasteiger partial charge on any atom is 0.341 e. The molecular weight excluding hydrogens is 405 g/mol. The van der Waals surface area contributed by atoms with Crippen molar-refractivity contribution in [3.05, 3.63) is 59.9 Å². The number of carbonyl (C=O) groups excluding carboxylic acids is 1. The number of benzene rings is 2. The van der Waals surface area contributed by atoms with Gasteiger partial charge >= 0.3 is 11.8 Å². The van der Waals surface area contributed by atoms with Gasteiger partial charge < -0.3 is 10.6 Å². The molecule has 0 aromatic heterocycles. The van der Waals surface area contributed by atoms with Crippen LogP contribution in [-0.2, 0) is 9.84 Å². The molecule has 1 fully saturated rings. The maximum absolute atomic E-state index is 13.0. The molecule has 0 unspecified atom stereocenters. The molecule has 0 bridgehead atoms. The summed E-state index contributed by atoms with van der Waals surface area (Å²) >= 11 is 0. The van der Waals surface area contributed by atoms with E-state index < -0.39 is 26.5 Å². The monoisotopic (exact) mass is 426 g/mol. The van der Waals surface area contributed by atoms with Crippen LogP contribution in [0, 0.1) is 5.82 Å². The first-order chi connectivity index (χ1) is 13.8. The minimum Gasteiger partial charge on any atom is -0.335 e. The van der Waals surface area contributed by atoms with E-state index in [9.17, 15) is 26.4 Å². The van der Waals surface area contributed by atoms with Crippen molar-refractivity contribution < 1.29 is 26.4 Å². The molecule has 0 saturated heterocycles. The molecule has 1 aliphatic rings. The van der Waals surface area contributed by atoms with E-state index in [2.05, 4.69) is 10.6 Å². The molecular formula is C20H21F3N2O3S. The Balaban J connectivity index is 1.49. The number of urea groups is 1. The molecule has 29 heavy (non-hydrogen) atoms. The fourth-order valence-corrected chi connectivity index (χ4v) is 4.21. The molecule has 3 rings (SSSR count). The molecule has 5 nitrogen and oxygen atoms in total. The van der Waals surface area contributed by atoms with Gasteiger partial charge in [-0.05, 0) is 73.6 Å². The second-order valence-electron chi connectivity index (χ2n) is 7.03. The minimum absolute atomic E-state index is 0.00909. The van der Waals surface area contributed by atoms with Crippen LogP contribution in [0.3, 0.4) is 0 Å². The first-order valence-corrected chi connectivity index (χ1v) is 10.8. The van der Waals surface area contributed by atoms with Crippen LogP contribution in [0.4, 0.5) is 23.7 Å². The van der Waals surface area contributed by atoms with Crippen molar-refractivity contribution in [2.45, 2.75) is 48.3 Å². The van der Waals surface area contributed by atoms with Crippen LogP contribution >= 0.6 is 0 Å². The molecule has 0 aliphatic heterocycles. The summed E-state index contributed by atoms with van der Waals surface area (Å²) in [5, 5.41) is 5.44. The summed E-state index contributed by atoms with van der Waals surface area (Å²) < 4.78 is 60.9. The number of sulfone groups is 1. The fraction of sp³-hybridized carbons (Fsp3) is 0.350. The third kappa shape index (κ3) is 5.29. The number of hydrogen-bond donors (Lipinski definition) is 2. The molecule has 0 radical (unpaired) electrons. The van der Waals surface area contributed by atoms with Crippen LogP contribution in [0.5, 0.6) is 0 Å². The fourth-order valence-electron chi connectivity index (χ4n) is 3.49. The summed E-state index contributed by atoms with van der Waals surface area (Å²) in [7, 11) is -4.66. The second kappa shape index (κ2) is 8.86. The highest BCUT2D eigenvalue weighted by molar-refractivity contribution is 7.91. The lowest BCUT2D eigenvalue weighted by Gasteiger charge is -2.29. The zero-order valence-corrected chi connectivity index (χ0v) is 16.3. The number of carbonyl (C=O) groups is 1. The van der Waals surface area contributed by atoms with Crippen LogP contribution < -0.4 is 10.6 Å². The van der Waals surface area contributed by atoms with Gasteiger partial charge in [-0.15, -0.1) is 0 Å². The quantitative estimate of drug-likeness (QED) is 0.730. The summed E-state index contributed by atoms with van der Waals surface area (Å²) in [6, 6.07) is 10.6. The van der Waals surface area contributed by atoms with E-state index in [1.165, 1.54) is 24.3 Å². The van der Waals surface area contributed by atoms with E-state index in [0.29, 0.717) is 11.6 Å². The lowest BCUT2D eigenvalue weighted by molar-refractivity contribution is 0.234. The Bertz CT molecular complexity index is 940. The van der Waals surface area contributed by atoms with Gasteiger partial charge in [0, 0.05) is 11.7 Å². The van der Waals surface area contributed by atoms with Gasteiger partial charge in [0.05, 0.1) is 4.90 Å². The highest BCUT2D eigenvalue weighted by atomic mass is 32.2. The van der Waals surface area contributed by atoms with Gasteiger partial charge in [-0.3, -0.25) is 0 Å². The molecule has 1 aliphatic carbocycles. The minimum atomic E-state index is -4.66. The van der Waals surface area contributed by atoms with E-state index in [0.717, 1.165) is 43.4 Å². The van der Waals surface area contributed by atoms with Crippen molar-refractivity contribution in [1.29, 1.82) is 0 Å². The molecule has 2 amide bonds. The number of anilines is 1. The molecule has 9 heteroatoms. The normalized spacial score (nSPS) is 19.7. The van der Waals surface area contributed by atoms with Crippen molar-refractivity contribution >= 4 is 21.6 Å². The van der Waals surface area contributed by atoms with Gasteiger partial charge in [0.25, 0.3) is 0 Å². The summed E-state index contributed by atoms with van der Waals surface area (Å²) in [6.07, 6.45) is 3.30. The van der Waals surface area contributed by atoms with Crippen molar-refractivity contribution in [3.8, 4) is 0 Å². The van der Waals surface area contributed by atoms with Crippen molar-refractivity contribution in [2.24, 2.45) is 0 Å². The number of rotatable bonds is 5. The number of hydrogen-bond acceptors (Lipinski definition) is 3. The standard InChI is InChI=1S/C20H21F3N2O3S/c21-15-5-1-13(2-6-15)14-3-7-16(8-4-14)24-20(26)25-17-9-11-18(12-10-17)29(27,28)19(22)23/h1-2,5-6,9-12,14,16,19H,3-4,7-8H2,(H2,24,25,26). The topological polar surface area (TPSA) is 75.3 Å². The maximum atomic E-state index is 13.0. The van der Waals surface area contributed by atoms with Crippen molar-refractivity contribution in [1.82, 2.24) is 5.32 Å². The predicted octanol–water partition coefficient (Wildman–Crippen LogP) is 4.67. The van der Waals surface area contributed by atoms with Gasteiger partial charge in [-0.1, -0.05) is 12.1 Å². The Kier molecular flexibility index (Phi) is 6.46. The summed E-state index contributed by atoms with van der Waals surface area (Å²) in [5.41, 5.74) is 1.39. The second-order valence-corrected chi connectivity index (χ2v) is 8.95. The van der Waals surface area contributed by atoms with Crippen molar-refractivity contribution in [2.75, 3.05) is 5.32 Å². The van der Waals surface area contributed by atoms with Gasteiger partial charge in [-0.2, -0.15) is 8.78 Å². The van der Waals surface area contributed by atoms with Crippen LogP contribution in [0.2, 0.25) is 0 Å². The molecule has 0 heterocycles. The van der Waals surface area contributed by atoms with E-state index >= 15 is 0 Å². The Labute approximate surface area is 167 Å². The number of nitrogens with one attached hydrogen (secondary N) is 2. The third-order valence-corrected chi connectivity index (χ3v) is 6.48. The summed E-state index contributed by atoms with van der Waals surface area (Å²) in [5.74, 6) is -3.42. The zero-order valence-electron chi connectivity index (χ0n) is 15.4. The van der Waals surface area contributed by atoms with Gasteiger partial charge in [0.1, 0.15) is 5.82 Å². The predicted molar refractivity (Wildman–Crippen MR) is 103 cm³/mol. The van der Waals surface area contributed by atoms with Crippen LogP contribution in [0.15, 0.2) is 53.4 Å². The molecule has 0 atom stereocenters. The number of alkyl halides is 2. The Hall–Kier alpha value is -2.55. The van der Waals surface area contributed by atoms with E-state index in [1.807, 2.05) is 0 Å². The number of amides is 2. The molecule has 2 N–H and O–H groups in total. The zero-order chi connectivity index (χ0) is 21.0. The van der Waals surface area contributed by atoms with Gasteiger partial charge in [0.15, 0.2) is 0 Å². The van der Waals surface area contributed by atoms with Crippen molar-refractivity contribution in [3.63, 3.8) is 0 Å². The van der Waals surface area contributed by atoms with E-state index in [1.54, 1.807) is 12.1 Å². The highest BCUT2D eigenvalue weighted by Gasteiger charge is 2.26. The Morgan fingerprint density at radius 1 is 0.931 bits per heavy atom. The van der Waals surface area contributed by atoms with E-state index in [4.69, 9.17) is 0 Å². The molecule has 2 aromatic rings. The first kappa shape index (κ1) is 21.2. The van der Waals surface area contributed by atoms with Gasteiger partial charge in [0.2, 0.25) is 9.84 Å². The number of halogens is 3. The third-order valence-electron chi connectivity index (χ3n) is 5.08. The largest absolute Gasteiger partial charge is 0.341 e. The van der Waals surface area contributed by atoms with E-state index in [-0.39, 0.29) is 11.9 Å². The van der Waals surface area contributed by atoms with Crippen LogP contribution in [-0.4, -0.2) is 26.2 Å². The smallest absolute Gasteiger partial charge is 0.335 e. The SMILES string of the molecule is O=C(Nc1ccc(S(=O)(=O)C(F)F)cc1)NC1CCC(c2ccc(F)cc2)CC1. The molecule has 2 aromatic carbocycles. The highest BCUT2D eigenvalue weighted by Crippen LogP contribution is 2.33. The van der Waals surface area contributed by atoms with Crippen LogP contribution in [0.25, 0.3) is 0 Å². The lowest BCUT2D eigenvalue weighted by Crippen LogP contribution is -2.39.